The Balaban J connectivity index is 2.02. The second-order valence-corrected chi connectivity index (χ2v) is 4.76. The Morgan fingerprint density at radius 3 is 2.41 bits per heavy atom. The van der Waals surface area contributed by atoms with Gasteiger partial charge in [0.25, 0.3) is 5.91 Å². The van der Waals surface area contributed by atoms with Crippen LogP contribution in [0.5, 0.6) is 5.75 Å². The topological polar surface area (TPSA) is 64.6 Å². The van der Waals surface area contributed by atoms with Gasteiger partial charge < -0.3 is 14.8 Å². The molecule has 6 heteroatoms. The molecule has 0 spiro atoms. The van der Waals surface area contributed by atoms with Crippen LogP contribution in [0.2, 0.25) is 0 Å². The van der Waals surface area contributed by atoms with E-state index in [4.69, 9.17) is 4.74 Å². The molecular formula is C16H15NO4S. The van der Waals surface area contributed by atoms with Crippen LogP contribution in [0.4, 0.5) is 10.5 Å². The van der Waals surface area contributed by atoms with Crippen molar-refractivity contribution in [3.8, 4) is 5.75 Å². The molecule has 0 saturated heterocycles. The summed E-state index contributed by atoms with van der Waals surface area (Å²) >= 11 is 4.27. The molecule has 2 aromatic rings. The first-order valence-corrected chi connectivity index (χ1v) is 7.09. The van der Waals surface area contributed by atoms with E-state index in [2.05, 4.69) is 22.7 Å². The van der Waals surface area contributed by atoms with Crippen LogP contribution in [0.25, 0.3) is 0 Å². The van der Waals surface area contributed by atoms with Crippen molar-refractivity contribution in [3.63, 3.8) is 0 Å². The molecule has 2 rings (SSSR count). The van der Waals surface area contributed by atoms with Gasteiger partial charge in [0, 0.05) is 10.5 Å². The molecule has 114 valence electrons. The van der Waals surface area contributed by atoms with Crippen LogP contribution in [0.15, 0.2) is 53.4 Å². The first-order chi connectivity index (χ1) is 10.6. The van der Waals surface area contributed by atoms with Gasteiger partial charge in [-0.3, -0.25) is 4.79 Å². The average Bonchev–Trinajstić information content (AvgIpc) is 2.50. The van der Waals surface area contributed by atoms with Gasteiger partial charge in [-0.15, -0.1) is 12.6 Å². The second-order valence-electron chi connectivity index (χ2n) is 4.28. The number of anilines is 1. The number of amides is 1. The van der Waals surface area contributed by atoms with Gasteiger partial charge >= 0.3 is 6.16 Å². The van der Waals surface area contributed by atoms with Crippen molar-refractivity contribution >= 4 is 30.4 Å². The van der Waals surface area contributed by atoms with E-state index in [-0.39, 0.29) is 12.5 Å². The van der Waals surface area contributed by atoms with E-state index in [1.807, 2.05) is 12.1 Å². The summed E-state index contributed by atoms with van der Waals surface area (Å²) in [4.78, 5) is 24.0. The lowest BCUT2D eigenvalue weighted by Gasteiger charge is -2.08. The third-order valence-electron chi connectivity index (χ3n) is 2.73. The molecule has 2 aromatic carbocycles. The van der Waals surface area contributed by atoms with Gasteiger partial charge in [0.1, 0.15) is 5.75 Å². The molecular weight excluding hydrogens is 302 g/mol. The van der Waals surface area contributed by atoms with Gasteiger partial charge in [-0.25, -0.2) is 4.79 Å². The van der Waals surface area contributed by atoms with Crippen LogP contribution < -0.4 is 10.1 Å². The molecule has 0 aliphatic heterocycles. The highest BCUT2D eigenvalue weighted by Crippen LogP contribution is 2.20. The van der Waals surface area contributed by atoms with Crippen molar-refractivity contribution < 1.29 is 19.1 Å². The van der Waals surface area contributed by atoms with Crippen molar-refractivity contribution in [2.24, 2.45) is 0 Å². The molecule has 0 radical (unpaired) electrons. The summed E-state index contributed by atoms with van der Waals surface area (Å²) in [6, 6.07) is 13.4. The maximum Gasteiger partial charge on any atom is 0.513 e. The number of hydrogen-bond donors (Lipinski definition) is 2. The van der Waals surface area contributed by atoms with Crippen molar-refractivity contribution in [2.75, 3.05) is 11.9 Å². The molecule has 0 aromatic heterocycles. The molecule has 0 aliphatic carbocycles. The maximum absolute atomic E-state index is 12.1. The highest BCUT2D eigenvalue weighted by Gasteiger charge is 2.09. The minimum absolute atomic E-state index is 0.239. The minimum atomic E-state index is -0.774. The Hall–Kier alpha value is -2.47. The van der Waals surface area contributed by atoms with Crippen LogP contribution in [-0.4, -0.2) is 18.7 Å². The summed E-state index contributed by atoms with van der Waals surface area (Å²) < 4.78 is 9.59. The quantitative estimate of drug-likeness (QED) is 0.512. The number of carbonyl (C=O) groups excluding carboxylic acids is 2. The fraction of sp³-hybridized carbons (Fsp3) is 0.125. The molecule has 1 N–H and O–H groups in total. The maximum atomic E-state index is 12.1. The largest absolute Gasteiger partial charge is 0.513 e. The van der Waals surface area contributed by atoms with Crippen LogP contribution in [0, 0.1) is 0 Å². The van der Waals surface area contributed by atoms with E-state index >= 15 is 0 Å². The van der Waals surface area contributed by atoms with E-state index in [1.54, 1.807) is 31.2 Å². The van der Waals surface area contributed by atoms with Gasteiger partial charge in [-0.1, -0.05) is 12.1 Å². The highest BCUT2D eigenvalue weighted by atomic mass is 32.1. The lowest BCUT2D eigenvalue weighted by atomic mass is 10.2. The number of hydrogen-bond acceptors (Lipinski definition) is 5. The Morgan fingerprint density at radius 1 is 1.09 bits per heavy atom. The number of carbonyl (C=O) groups is 2. The fourth-order valence-corrected chi connectivity index (χ4v) is 1.91. The van der Waals surface area contributed by atoms with Crippen LogP contribution >= 0.6 is 12.6 Å². The molecule has 0 heterocycles. The van der Waals surface area contributed by atoms with Gasteiger partial charge in [0.2, 0.25) is 0 Å². The standard InChI is InChI=1S/C16H15NO4S/c1-2-20-16(19)21-12-9-7-11(8-10-12)15(18)17-13-5-3-4-6-14(13)22/h3-10,22H,2H2,1H3,(H,17,18). The van der Waals surface area contributed by atoms with Crippen molar-refractivity contribution in [3.05, 3.63) is 54.1 Å². The van der Waals surface area contributed by atoms with Crippen molar-refractivity contribution in [2.45, 2.75) is 11.8 Å². The molecule has 0 fully saturated rings. The summed E-state index contributed by atoms with van der Waals surface area (Å²) in [5.74, 6) is 0.0359. The number of rotatable bonds is 4. The third kappa shape index (κ3) is 4.26. The van der Waals surface area contributed by atoms with Gasteiger partial charge in [-0.2, -0.15) is 0 Å². The zero-order valence-electron chi connectivity index (χ0n) is 11.9. The molecule has 1 amide bonds. The van der Waals surface area contributed by atoms with E-state index in [0.29, 0.717) is 21.9 Å². The van der Waals surface area contributed by atoms with Crippen molar-refractivity contribution in [1.29, 1.82) is 0 Å². The number of ether oxygens (including phenoxy) is 2. The molecule has 0 atom stereocenters. The lowest BCUT2D eigenvalue weighted by molar-refractivity contribution is 0.102. The van der Waals surface area contributed by atoms with Crippen molar-refractivity contribution in [1.82, 2.24) is 0 Å². The van der Waals surface area contributed by atoms with Gasteiger partial charge in [0.15, 0.2) is 0 Å². The van der Waals surface area contributed by atoms with Crippen LogP contribution in [0.1, 0.15) is 17.3 Å². The number of thiol groups is 1. The summed E-state index contributed by atoms with van der Waals surface area (Å²) in [5.41, 5.74) is 1.07. The average molecular weight is 317 g/mol. The number of para-hydroxylation sites is 1. The first kappa shape index (κ1) is 15.9. The fourth-order valence-electron chi connectivity index (χ4n) is 1.69. The third-order valence-corrected chi connectivity index (χ3v) is 3.12. The Kier molecular flexibility index (Phi) is 5.43. The normalized spacial score (nSPS) is 9.91. The summed E-state index contributed by atoms with van der Waals surface area (Å²) in [5, 5.41) is 2.76. The first-order valence-electron chi connectivity index (χ1n) is 6.64. The van der Waals surface area contributed by atoms with E-state index in [9.17, 15) is 9.59 Å². The highest BCUT2D eigenvalue weighted by molar-refractivity contribution is 7.80. The van der Waals surface area contributed by atoms with Crippen LogP contribution in [-0.2, 0) is 4.74 Å². The minimum Gasteiger partial charge on any atom is -0.434 e. The van der Waals surface area contributed by atoms with E-state index in [0.717, 1.165) is 0 Å². The molecule has 0 bridgehead atoms. The molecule has 0 saturated carbocycles. The van der Waals surface area contributed by atoms with E-state index < -0.39 is 6.16 Å². The Bertz CT molecular complexity index is 670. The SMILES string of the molecule is CCOC(=O)Oc1ccc(C(=O)Nc2ccccc2S)cc1. The second kappa shape index (κ2) is 7.51. The number of nitrogens with one attached hydrogen (secondary N) is 1. The zero-order chi connectivity index (χ0) is 15.9. The monoisotopic (exact) mass is 317 g/mol. The summed E-state index contributed by atoms with van der Waals surface area (Å²) in [6.07, 6.45) is -0.774. The van der Waals surface area contributed by atoms with E-state index in [1.165, 1.54) is 12.1 Å². The summed E-state index contributed by atoms with van der Waals surface area (Å²) in [6.45, 7) is 1.93. The van der Waals surface area contributed by atoms with Gasteiger partial charge in [0.05, 0.1) is 12.3 Å². The Morgan fingerprint density at radius 2 is 1.77 bits per heavy atom. The number of benzene rings is 2. The summed E-state index contributed by atoms with van der Waals surface area (Å²) in [7, 11) is 0. The molecule has 5 nitrogen and oxygen atoms in total. The Labute approximate surface area is 133 Å². The predicted octanol–water partition coefficient (Wildman–Crippen LogP) is 3.76. The smallest absolute Gasteiger partial charge is 0.434 e. The lowest BCUT2D eigenvalue weighted by Crippen LogP contribution is -2.13. The predicted molar refractivity (Wildman–Crippen MR) is 85.7 cm³/mol. The van der Waals surface area contributed by atoms with Gasteiger partial charge in [-0.05, 0) is 43.3 Å². The molecule has 22 heavy (non-hydrogen) atoms. The zero-order valence-corrected chi connectivity index (χ0v) is 12.8. The molecule has 0 unspecified atom stereocenters. The van der Waals surface area contributed by atoms with Crippen LogP contribution in [0.3, 0.4) is 0 Å². The molecule has 0 aliphatic rings.